The first-order chi connectivity index (χ1) is 14.0. The van der Waals surface area contributed by atoms with Crippen LogP contribution in [0, 0.1) is 28.1 Å². The molecule has 0 aliphatic heterocycles. The largest absolute Gasteiger partial charge is 0.463 e. The molecule has 4 aliphatic carbocycles. The van der Waals surface area contributed by atoms with E-state index < -0.39 is 0 Å². The highest BCUT2D eigenvalue weighted by molar-refractivity contribution is 5.66. The molecule has 4 nitrogen and oxygen atoms in total. The first-order valence-corrected chi connectivity index (χ1v) is 12.1. The monoisotopic (exact) mass is 416 g/mol. The Balaban J connectivity index is 1.59. The molecule has 0 unspecified atom stereocenters. The summed E-state index contributed by atoms with van der Waals surface area (Å²) in [5.74, 6) is 1.10. The van der Waals surface area contributed by atoms with Gasteiger partial charge in [0, 0.05) is 19.3 Å². The van der Waals surface area contributed by atoms with E-state index in [2.05, 4.69) is 27.7 Å². The van der Waals surface area contributed by atoms with E-state index in [9.17, 15) is 9.59 Å². The van der Waals surface area contributed by atoms with Crippen LogP contribution in [0.5, 0.6) is 0 Å². The van der Waals surface area contributed by atoms with E-state index >= 15 is 0 Å². The van der Waals surface area contributed by atoms with Gasteiger partial charge >= 0.3 is 11.9 Å². The van der Waals surface area contributed by atoms with Crippen LogP contribution in [0.1, 0.15) is 99.3 Å². The van der Waals surface area contributed by atoms with E-state index in [0.29, 0.717) is 11.3 Å². The van der Waals surface area contributed by atoms with Gasteiger partial charge in [0.25, 0.3) is 0 Å². The Labute approximate surface area is 182 Å². The predicted molar refractivity (Wildman–Crippen MR) is 117 cm³/mol. The minimum atomic E-state index is -0.169. The lowest BCUT2D eigenvalue weighted by Crippen LogP contribution is -2.55. The Morgan fingerprint density at radius 3 is 2.37 bits per heavy atom. The summed E-state index contributed by atoms with van der Waals surface area (Å²) in [6.45, 7) is 12.5. The summed E-state index contributed by atoms with van der Waals surface area (Å²) in [4.78, 5) is 23.1. The molecule has 7 atom stereocenters. The molecule has 0 radical (unpaired) electrons. The van der Waals surface area contributed by atoms with Crippen molar-refractivity contribution in [1.82, 2.24) is 0 Å². The molecule has 0 heterocycles. The molecule has 0 N–H and O–H groups in total. The molecular formula is C26H40O4. The Kier molecular flexibility index (Phi) is 5.38. The highest BCUT2D eigenvalue weighted by atomic mass is 16.5. The van der Waals surface area contributed by atoms with E-state index in [4.69, 9.17) is 9.47 Å². The fraction of sp³-hybridized carbons (Fsp3) is 0.846. The molecule has 4 rings (SSSR count). The first-order valence-electron chi connectivity index (χ1n) is 12.1. The highest BCUT2D eigenvalue weighted by Gasteiger charge is 2.60. The minimum Gasteiger partial charge on any atom is -0.463 e. The summed E-state index contributed by atoms with van der Waals surface area (Å²) < 4.78 is 11.3. The number of carbonyl (C=O) groups excluding carboxylic acids is 2. The SMILES string of the molecule is CC(=O)O[C@@H]1CC[C@]2(C)[C@@H]3CCC4=C(CC[C@@]4(C)[C@@H](C)OC(C)=O)[C@H]3CC[C@]2(C)C1. The van der Waals surface area contributed by atoms with Gasteiger partial charge in [-0.2, -0.15) is 0 Å². The van der Waals surface area contributed by atoms with Crippen molar-refractivity contribution >= 4 is 11.9 Å². The van der Waals surface area contributed by atoms with Crippen LogP contribution >= 0.6 is 0 Å². The zero-order valence-corrected chi connectivity index (χ0v) is 19.8. The number of ether oxygens (including phenoxy) is 2. The Morgan fingerprint density at radius 1 is 0.967 bits per heavy atom. The third-order valence-corrected chi connectivity index (χ3v) is 10.1. The normalized spacial score (nSPS) is 43.9. The lowest BCUT2D eigenvalue weighted by Gasteiger charge is -2.62. The maximum Gasteiger partial charge on any atom is 0.302 e. The van der Waals surface area contributed by atoms with Crippen LogP contribution in [-0.2, 0) is 19.1 Å². The lowest BCUT2D eigenvalue weighted by molar-refractivity contribution is -0.166. The van der Waals surface area contributed by atoms with Crippen molar-refractivity contribution in [3.8, 4) is 0 Å². The number of allylic oxidation sites excluding steroid dienone is 1. The minimum absolute atomic E-state index is 0.000611. The predicted octanol–water partition coefficient (Wildman–Crippen LogP) is 5.98. The van der Waals surface area contributed by atoms with Gasteiger partial charge in [0.2, 0.25) is 0 Å². The fourth-order valence-electron chi connectivity index (χ4n) is 8.06. The van der Waals surface area contributed by atoms with E-state index in [0.717, 1.165) is 38.0 Å². The molecule has 0 aromatic heterocycles. The second-order valence-corrected chi connectivity index (χ2v) is 11.4. The second-order valence-electron chi connectivity index (χ2n) is 11.4. The molecule has 4 heteroatoms. The van der Waals surface area contributed by atoms with Crippen LogP contribution < -0.4 is 0 Å². The van der Waals surface area contributed by atoms with Crippen LogP contribution in [0.4, 0.5) is 0 Å². The lowest BCUT2D eigenvalue weighted by atomic mass is 9.43. The Bertz CT molecular complexity index is 769. The van der Waals surface area contributed by atoms with Crippen molar-refractivity contribution in [3.63, 3.8) is 0 Å². The van der Waals surface area contributed by atoms with Gasteiger partial charge < -0.3 is 9.47 Å². The Morgan fingerprint density at radius 2 is 1.70 bits per heavy atom. The molecule has 0 amide bonds. The summed E-state index contributed by atoms with van der Waals surface area (Å²) in [7, 11) is 0. The molecule has 2 saturated carbocycles. The standard InChI is InChI=1S/C26H40O4/c1-16(29-17(2)27)25(5)13-11-20-21-10-12-24(4)15-19(30-18(3)28)9-14-26(24,6)23(21)8-7-22(20)25/h16,19,21,23H,7-15H2,1-6H3/t16-,19-,21-,23-,24-,25+,26-/m1/s1. The molecule has 168 valence electrons. The number of fused-ring (bicyclic) bond motifs is 4. The van der Waals surface area contributed by atoms with E-state index in [1.807, 2.05) is 0 Å². The summed E-state index contributed by atoms with van der Waals surface area (Å²) in [6.07, 6.45) is 10.4. The average molecular weight is 417 g/mol. The van der Waals surface area contributed by atoms with Gasteiger partial charge in [0.1, 0.15) is 12.2 Å². The van der Waals surface area contributed by atoms with Crippen molar-refractivity contribution in [2.75, 3.05) is 0 Å². The molecule has 30 heavy (non-hydrogen) atoms. The second kappa shape index (κ2) is 7.38. The van der Waals surface area contributed by atoms with Crippen molar-refractivity contribution in [3.05, 3.63) is 11.1 Å². The molecule has 0 aromatic rings. The number of carbonyl (C=O) groups is 2. The van der Waals surface area contributed by atoms with Gasteiger partial charge in [0.15, 0.2) is 0 Å². The third kappa shape index (κ3) is 3.24. The fourth-order valence-corrected chi connectivity index (χ4v) is 8.06. The first kappa shape index (κ1) is 21.9. The molecule has 0 aromatic carbocycles. The summed E-state index contributed by atoms with van der Waals surface area (Å²) in [5.41, 5.74) is 3.88. The summed E-state index contributed by atoms with van der Waals surface area (Å²) in [5, 5.41) is 0. The van der Waals surface area contributed by atoms with Gasteiger partial charge in [0.05, 0.1) is 0 Å². The quantitative estimate of drug-likeness (QED) is 0.419. The van der Waals surface area contributed by atoms with Crippen LogP contribution in [0.3, 0.4) is 0 Å². The van der Waals surface area contributed by atoms with E-state index in [1.54, 1.807) is 11.1 Å². The maximum absolute atomic E-state index is 11.6. The molecule has 0 spiro atoms. The zero-order chi connectivity index (χ0) is 21.9. The van der Waals surface area contributed by atoms with Crippen LogP contribution in [0.15, 0.2) is 11.1 Å². The van der Waals surface area contributed by atoms with Gasteiger partial charge in [-0.1, -0.05) is 31.9 Å². The van der Waals surface area contributed by atoms with Crippen LogP contribution in [0.25, 0.3) is 0 Å². The molecule has 2 fully saturated rings. The van der Waals surface area contributed by atoms with Gasteiger partial charge in [-0.15, -0.1) is 0 Å². The van der Waals surface area contributed by atoms with Gasteiger partial charge in [-0.3, -0.25) is 9.59 Å². The maximum atomic E-state index is 11.6. The van der Waals surface area contributed by atoms with Crippen molar-refractivity contribution in [1.29, 1.82) is 0 Å². The number of hydrogen-bond acceptors (Lipinski definition) is 4. The molecule has 0 bridgehead atoms. The summed E-state index contributed by atoms with van der Waals surface area (Å²) >= 11 is 0. The molecule has 4 aliphatic rings. The molecular weight excluding hydrogens is 376 g/mol. The van der Waals surface area contributed by atoms with Crippen LogP contribution in [-0.4, -0.2) is 24.1 Å². The number of esters is 2. The average Bonchev–Trinajstić information content (AvgIpc) is 3.00. The van der Waals surface area contributed by atoms with Gasteiger partial charge in [-0.05, 0) is 87.4 Å². The topological polar surface area (TPSA) is 52.6 Å². The van der Waals surface area contributed by atoms with Gasteiger partial charge in [-0.25, -0.2) is 0 Å². The number of hydrogen-bond donors (Lipinski definition) is 0. The smallest absolute Gasteiger partial charge is 0.302 e. The van der Waals surface area contributed by atoms with Crippen LogP contribution in [0.2, 0.25) is 0 Å². The van der Waals surface area contributed by atoms with Crippen molar-refractivity contribution < 1.29 is 19.1 Å². The number of rotatable bonds is 3. The summed E-state index contributed by atoms with van der Waals surface area (Å²) in [6, 6.07) is 0. The van der Waals surface area contributed by atoms with Crippen molar-refractivity contribution in [2.24, 2.45) is 28.1 Å². The third-order valence-electron chi connectivity index (χ3n) is 10.1. The van der Waals surface area contributed by atoms with E-state index in [1.165, 1.54) is 39.5 Å². The highest BCUT2D eigenvalue weighted by Crippen LogP contribution is 2.68. The Hall–Kier alpha value is -1.32. The van der Waals surface area contributed by atoms with E-state index in [-0.39, 0.29) is 35.0 Å². The zero-order valence-electron chi connectivity index (χ0n) is 19.8. The molecule has 0 saturated heterocycles. The van der Waals surface area contributed by atoms with Crippen molar-refractivity contribution in [2.45, 2.75) is 112 Å².